The van der Waals surface area contributed by atoms with Crippen molar-refractivity contribution in [1.82, 2.24) is 20.0 Å². The van der Waals surface area contributed by atoms with E-state index >= 15 is 0 Å². The second kappa shape index (κ2) is 9.70. The van der Waals surface area contributed by atoms with Crippen molar-refractivity contribution in [3.8, 4) is 17.3 Å². The molecule has 172 valence electrons. The van der Waals surface area contributed by atoms with Crippen LogP contribution in [0, 0.1) is 0 Å². The normalized spacial score (nSPS) is 19.6. The van der Waals surface area contributed by atoms with Crippen LogP contribution < -0.4 is 4.74 Å². The van der Waals surface area contributed by atoms with Crippen molar-refractivity contribution < 1.29 is 19.2 Å². The van der Waals surface area contributed by atoms with Gasteiger partial charge in [0.1, 0.15) is 6.10 Å². The molecule has 1 aliphatic carbocycles. The number of pyridine rings is 1. The Morgan fingerprint density at radius 1 is 1.06 bits per heavy atom. The maximum Gasteiger partial charge on any atom is 0.335 e. The lowest BCUT2D eigenvalue weighted by molar-refractivity contribution is 0.0697. The molecule has 2 aliphatic rings. The van der Waals surface area contributed by atoms with E-state index in [1.165, 1.54) is 19.3 Å². The SMILES string of the molecule is O=C(O)c1ccc(CN2CCC[C@H]2c2nc(-c3ccc(OC4CCCCC4)nc3)no2)cc1. The molecule has 33 heavy (non-hydrogen) atoms. The first kappa shape index (κ1) is 21.6. The summed E-state index contributed by atoms with van der Waals surface area (Å²) in [6.45, 7) is 1.63. The van der Waals surface area contributed by atoms with Gasteiger partial charge in [0.15, 0.2) is 0 Å². The van der Waals surface area contributed by atoms with Gasteiger partial charge in [0.25, 0.3) is 0 Å². The molecule has 1 N–H and O–H groups in total. The van der Waals surface area contributed by atoms with Crippen molar-refractivity contribution >= 4 is 5.97 Å². The monoisotopic (exact) mass is 448 g/mol. The van der Waals surface area contributed by atoms with Crippen molar-refractivity contribution in [3.05, 3.63) is 59.6 Å². The molecule has 1 saturated heterocycles. The van der Waals surface area contributed by atoms with Crippen molar-refractivity contribution in [2.24, 2.45) is 0 Å². The van der Waals surface area contributed by atoms with Crippen LogP contribution in [0.3, 0.4) is 0 Å². The molecule has 1 saturated carbocycles. The predicted octanol–water partition coefficient (Wildman–Crippen LogP) is 4.88. The fourth-order valence-corrected chi connectivity index (χ4v) is 4.71. The number of nitrogens with zero attached hydrogens (tertiary/aromatic N) is 4. The number of aromatic carboxylic acids is 1. The molecule has 1 aromatic carbocycles. The molecule has 1 atom stereocenters. The minimum absolute atomic E-state index is 0.0484. The highest BCUT2D eigenvalue weighted by Gasteiger charge is 2.31. The minimum atomic E-state index is -0.915. The Labute approximate surface area is 192 Å². The largest absolute Gasteiger partial charge is 0.478 e. The lowest BCUT2D eigenvalue weighted by atomic mass is 9.98. The molecular formula is C25H28N4O4. The van der Waals surface area contributed by atoms with Gasteiger partial charge in [-0.05, 0) is 68.8 Å². The predicted molar refractivity (Wildman–Crippen MR) is 121 cm³/mol. The summed E-state index contributed by atoms with van der Waals surface area (Å²) in [5.41, 5.74) is 2.15. The fourth-order valence-electron chi connectivity index (χ4n) is 4.71. The van der Waals surface area contributed by atoms with Crippen LogP contribution in [-0.2, 0) is 6.54 Å². The first-order valence-electron chi connectivity index (χ1n) is 11.7. The highest BCUT2D eigenvalue weighted by atomic mass is 16.5. The van der Waals surface area contributed by atoms with E-state index < -0.39 is 5.97 Å². The number of benzene rings is 1. The summed E-state index contributed by atoms with van der Waals surface area (Å²) in [5.74, 6) is 0.860. The van der Waals surface area contributed by atoms with Crippen LogP contribution in [0.1, 0.15) is 72.8 Å². The maximum absolute atomic E-state index is 11.1. The summed E-state index contributed by atoms with van der Waals surface area (Å²) in [6, 6.07) is 10.9. The van der Waals surface area contributed by atoms with Gasteiger partial charge in [0.2, 0.25) is 17.6 Å². The molecule has 8 nitrogen and oxygen atoms in total. The van der Waals surface area contributed by atoms with Gasteiger partial charge in [0, 0.05) is 24.4 Å². The molecule has 0 amide bonds. The smallest absolute Gasteiger partial charge is 0.335 e. The Balaban J connectivity index is 1.24. The summed E-state index contributed by atoms with van der Waals surface area (Å²) in [4.78, 5) is 22.5. The zero-order valence-electron chi connectivity index (χ0n) is 18.5. The summed E-state index contributed by atoms with van der Waals surface area (Å²) in [7, 11) is 0. The summed E-state index contributed by atoms with van der Waals surface area (Å²) in [6.07, 6.45) is 9.93. The Morgan fingerprint density at radius 2 is 1.88 bits per heavy atom. The topological polar surface area (TPSA) is 102 Å². The highest BCUT2D eigenvalue weighted by Crippen LogP contribution is 2.33. The van der Waals surface area contributed by atoms with Gasteiger partial charge in [-0.25, -0.2) is 9.78 Å². The van der Waals surface area contributed by atoms with Crippen LogP contribution in [0.4, 0.5) is 0 Å². The molecular weight excluding hydrogens is 420 g/mol. The quantitative estimate of drug-likeness (QED) is 0.546. The molecule has 0 unspecified atom stereocenters. The van der Waals surface area contributed by atoms with E-state index in [9.17, 15) is 4.79 Å². The Hall–Kier alpha value is -3.26. The summed E-state index contributed by atoms with van der Waals surface area (Å²) in [5, 5.41) is 13.3. The zero-order valence-corrected chi connectivity index (χ0v) is 18.5. The molecule has 2 aromatic heterocycles. The van der Waals surface area contributed by atoms with Crippen LogP contribution >= 0.6 is 0 Å². The average molecular weight is 449 g/mol. The lowest BCUT2D eigenvalue weighted by Crippen LogP contribution is -2.23. The van der Waals surface area contributed by atoms with E-state index in [1.54, 1.807) is 18.3 Å². The fraction of sp³-hybridized carbons (Fsp3) is 0.440. The minimum Gasteiger partial charge on any atom is -0.478 e. The first-order chi connectivity index (χ1) is 16.2. The van der Waals surface area contributed by atoms with Crippen LogP contribution in [0.25, 0.3) is 11.4 Å². The van der Waals surface area contributed by atoms with Gasteiger partial charge in [0.05, 0.1) is 11.6 Å². The van der Waals surface area contributed by atoms with Gasteiger partial charge >= 0.3 is 5.97 Å². The van der Waals surface area contributed by atoms with Gasteiger partial charge < -0.3 is 14.4 Å². The molecule has 0 bridgehead atoms. The number of hydrogen-bond acceptors (Lipinski definition) is 7. The molecule has 8 heteroatoms. The molecule has 0 radical (unpaired) electrons. The van der Waals surface area contributed by atoms with Gasteiger partial charge in [-0.2, -0.15) is 4.98 Å². The van der Waals surface area contributed by atoms with E-state index in [4.69, 9.17) is 14.4 Å². The lowest BCUT2D eigenvalue weighted by Gasteiger charge is -2.22. The van der Waals surface area contributed by atoms with E-state index in [2.05, 4.69) is 20.0 Å². The van der Waals surface area contributed by atoms with Gasteiger partial charge in [-0.15, -0.1) is 0 Å². The van der Waals surface area contributed by atoms with E-state index in [0.717, 1.165) is 43.4 Å². The second-order valence-electron chi connectivity index (χ2n) is 8.85. The maximum atomic E-state index is 11.1. The standard InChI is InChI=1S/C25H28N4O4/c30-25(31)18-10-8-17(9-11-18)16-29-14-4-7-21(29)24-27-23(28-33-24)19-12-13-22(26-15-19)32-20-5-2-1-3-6-20/h8-13,15,20-21H,1-7,14,16H2,(H,30,31)/t21-/m0/s1. The number of rotatable bonds is 7. The number of aromatic nitrogens is 3. The summed E-state index contributed by atoms with van der Waals surface area (Å²) >= 11 is 0. The van der Waals surface area contributed by atoms with Crippen LogP contribution in [0.5, 0.6) is 5.88 Å². The first-order valence-corrected chi connectivity index (χ1v) is 11.7. The third-order valence-electron chi connectivity index (χ3n) is 6.51. The van der Waals surface area contributed by atoms with Gasteiger partial charge in [-0.3, -0.25) is 4.90 Å². The highest BCUT2D eigenvalue weighted by molar-refractivity contribution is 5.87. The molecule has 0 spiro atoms. The van der Waals surface area contributed by atoms with Crippen molar-refractivity contribution in [1.29, 1.82) is 0 Å². The summed E-state index contributed by atoms with van der Waals surface area (Å²) < 4.78 is 11.6. The van der Waals surface area contributed by atoms with Gasteiger partial charge in [-0.1, -0.05) is 23.7 Å². The van der Waals surface area contributed by atoms with Crippen LogP contribution in [-0.4, -0.2) is 43.7 Å². The number of ether oxygens (including phenoxy) is 1. The Kier molecular flexibility index (Phi) is 6.35. The number of carboxylic acid groups (broad SMARTS) is 1. The molecule has 2 fully saturated rings. The third kappa shape index (κ3) is 5.06. The Morgan fingerprint density at radius 3 is 2.61 bits per heavy atom. The van der Waals surface area contributed by atoms with E-state index in [0.29, 0.717) is 29.7 Å². The van der Waals surface area contributed by atoms with Crippen molar-refractivity contribution in [2.45, 2.75) is 63.6 Å². The molecule has 5 rings (SSSR count). The second-order valence-corrected chi connectivity index (χ2v) is 8.85. The van der Waals surface area contributed by atoms with Crippen LogP contribution in [0.15, 0.2) is 47.1 Å². The number of likely N-dealkylation sites (tertiary alicyclic amines) is 1. The van der Waals surface area contributed by atoms with Crippen LogP contribution in [0.2, 0.25) is 0 Å². The number of hydrogen-bond donors (Lipinski definition) is 1. The van der Waals surface area contributed by atoms with Crippen molar-refractivity contribution in [2.75, 3.05) is 6.54 Å². The van der Waals surface area contributed by atoms with E-state index in [1.807, 2.05) is 24.3 Å². The zero-order chi connectivity index (χ0) is 22.6. The number of carboxylic acids is 1. The molecule has 3 heterocycles. The average Bonchev–Trinajstić information content (AvgIpc) is 3.50. The Bertz CT molecular complexity index is 1070. The molecule has 1 aliphatic heterocycles. The number of carbonyl (C=O) groups is 1. The van der Waals surface area contributed by atoms with Crippen molar-refractivity contribution in [3.63, 3.8) is 0 Å². The molecule has 3 aromatic rings. The van der Waals surface area contributed by atoms with E-state index in [-0.39, 0.29) is 12.1 Å². The third-order valence-corrected chi connectivity index (χ3v) is 6.51.